The van der Waals surface area contributed by atoms with Crippen molar-refractivity contribution in [1.29, 1.82) is 0 Å². The second kappa shape index (κ2) is 8.53. The molecule has 0 aliphatic rings. The highest BCUT2D eigenvalue weighted by Crippen LogP contribution is 2.25. The molecule has 0 saturated heterocycles. The zero-order valence-corrected chi connectivity index (χ0v) is 16.2. The van der Waals surface area contributed by atoms with Crippen LogP contribution in [0.1, 0.15) is 15.9 Å². The van der Waals surface area contributed by atoms with Crippen LogP contribution in [-0.4, -0.2) is 15.9 Å². The highest BCUT2D eigenvalue weighted by Gasteiger charge is 2.09. The summed E-state index contributed by atoms with van der Waals surface area (Å²) < 4.78 is 19.0. The molecule has 1 amide bonds. The lowest BCUT2D eigenvalue weighted by atomic mass is 10.1. The van der Waals surface area contributed by atoms with Crippen LogP contribution in [0.2, 0.25) is 0 Å². The molecule has 4 rings (SSSR count). The fourth-order valence-corrected chi connectivity index (χ4v) is 2.92. The minimum atomic E-state index is -0.315. The number of halogens is 1. The standard InChI is InChI=1S/C24H18FN3O2/c1-16-4-2-6-20(12-16)28-24(29)18-5-3-7-21(13-18)30-23-14-22(26-15-27-23)17-8-10-19(25)11-9-17/h2-15H,1H3,(H,28,29). The maximum Gasteiger partial charge on any atom is 0.255 e. The summed E-state index contributed by atoms with van der Waals surface area (Å²) in [6, 6.07) is 22.1. The van der Waals surface area contributed by atoms with Gasteiger partial charge in [-0.2, -0.15) is 0 Å². The molecule has 0 aliphatic heterocycles. The van der Waals surface area contributed by atoms with Crippen molar-refractivity contribution in [3.05, 3.63) is 102 Å². The van der Waals surface area contributed by atoms with Crippen LogP contribution in [0, 0.1) is 12.7 Å². The number of aryl methyl sites for hydroxylation is 1. The number of hydrogen-bond acceptors (Lipinski definition) is 4. The van der Waals surface area contributed by atoms with Crippen LogP contribution in [-0.2, 0) is 0 Å². The molecule has 0 fully saturated rings. The van der Waals surface area contributed by atoms with Crippen molar-refractivity contribution in [1.82, 2.24) is 9.97 Å². The smallest absolute Gasteiger partial charge is 0.255 e. The van der Waals surface area contributed by atoms with Gasteiger partial charge in [-0.25, -0.2) is 14.4 Å². The highest BCUT2D eigenvalue weighted by molar-refractivity contribution is 6.04. The predicted molar refractivity (Wildman–Crippen MR) is 113 cm³/mol. The third-order valence-corrected chi connectivity index (χ3v) is 4.38. The average Bonchev–Trinajstić information content (AvgIpc) is 2.75. The second-order valence-corrected chi connectivity index (χ2v) is 6.70. The molecule has 0 saturated carbocycles. The van der Waals surface area contributed by atoms with Gasteiger partial charge in [-0.15, -0.1) is 0 Å². The Balaban J connectivity index is 1.51. The van der Waals surface area contributed by atoms with Crippen LogP contribution in [0.5, 0.6) is 11.6 Å². The molecule has 0 radical (unpaired) electrons. The SMILES string of the molecule is Cc1cccc(NC(=O)c2cccc(Oc3cc(-c4ccc(F)cc4)ncn3)c2)c1. The number of carbonyl (C=O) groups is 1. The van der Waals surface area contributed by atoms with Crippen molar-refractivity contribution < 1.29 is 13.9 Å². The molecule has 3 aromatic carbocycles. The number of aromatic nitrogens is 2. The molecule has 148 valence electrons. The van der Waals surface area contributed by atoms with Crippen molar-refractivity contribution in [3.8, 4) is 22.9 Å². The topological polar surface area (TPSA) is 64.1 Å². The Morgan fingerprint density at radius 3 is 2.53 bits per heavy atom. The number of ether oxygens (including phenoxy) is 1. The Morgan fingerprint density at radius 1 is 0.933 bits per heavy atom. The van der Waals surface area contributed by atoms with Crippen molar-refractivity contribution in [2.75, 3.05) is 5.32 Å². The maximum absolute atomic E-state index is 13.1. The van der Waals surface area contributed by atoms with E-state index in [4.69, 9.17) is 4.74 Å². The van der Waals surface area contributed by atoms with E-state index in [2.05, 4.69) is 15.3 Å². The Morgan fingerprint density at radius 2 is 1.73 bits per heavy atom. The van der Waals surface area contributed by atoms with Gasteiger partial charge in [0, 0.05) is 22.9 Å². The number of benzene rings is 3. The Kier molecular flexibility index (Phi) is 5.48. The Labute approximate surface area is 173 Å². The first kappa shape index (κ1) is 19.3. The molecule has 1 heterocycles. The molecule has 6 heteroatoms. The van der Waals surface area contributed by atoms with E-state index in [1.807, 2.05) is 31.2 Å². The van der Waals surface area contributed by atoms with Crippen molar-refractivity contribution in [2.24, 2.45) is 0 Å². The average molecular weight is 399 g/mol. The number of carbonyl (C=O) groups excluding carboxylic acids is 1. The van der Waals surface area contributed by atoms with E-state index in [-0.39, 0.29) is 11.7 Å². The number of nitrogens with zero attached hydrogens (tertiary/aromatic N) is 2. The second-order valence-electron chi connectivity index (χ2n) is 6.70. The predicted octanol–water partition coefficient (Wildman–Crippen LogP) is 5.64. The molecule has 1 N–H and O–H groups in total. The van der Waals surface area contributed by atoms with Crippen molar-refractivity contribution in [2.45, 2.75) is 6.92 Å². The molecule has 5 nitrogen and oxygen atoms in total. The van der Waals surface area contributed by atoms with Gasteiger partial charge < -0.3 is 10.1 Å². The monoisotopic (exact) mass is 399 g/mol. The molecule has 0 unspecified atom stereocenters. The lowest BCUT2D eigenvalue weighted by molar-refractivity contribution is 0.102. The number of anilines is 1. The van der Waals surface area contributed by atoms with Crippen LogP contribution in [0.15, 0.2) is 85.2 Å². The van der Waals surface area contributed by atoms with Gasteiger partial charge >= 0.3 is 0 Å². The van der Waals surface area contributed by atoms with E-state index in [0.29, 0.717) is 22.9 Å². The van der Waals surface area contributed by atoms with Crippen LogP contribution in [0.4, 0.5) is 10.1 Å². The third-order valence-electron chi connectivity index (χ3n) is 4.38. The largest absolute Gasteiger partial charge is 0.439 e. The third kappa shape index (κ3) is 4.67. The normalized spacial score (nSPS) is 10.5. The highest BCUT2D eigenvalue weighted by atomic mass is 19.1. The van der Waals surface area contributed by atoms with Crippen molar-refractivity contribution in [3.63, 3.8) is 0 Å². The Bertz CT molecular complexity index is 1190. The molecular weight excluding hydrogens is 381 g/mol. The molecule has 1 aromatic heterocycles. The summed E-state index contributed by atoms with van der Waals surface area (Å²) in [6.07, 6.45) is 1.38. The number of amides is 1. The first-order chi connectivity index (χ1) is 14.6. The summed E-state index contributed by atoms with van der Waals surface area (Å²) in [5, 5.41) is 2.87. The summed E-state index contributed by atoms with van der Waals surface area (Å²) in [4.78, 5) is 20.9. The first-order valence-electron chi connectivity index (χ1n) is 9.31. The minimum Gasteiger partial charge on any atom is -0.439 e. The molecule has 0 aliphatic carbocycles. The molecule has 30 heavy (non-hydrogen) atoms. The van der Waals surface area contributed by atoms with Gasteiger partial charge in [-0.1, -0.05) is 18.2 Å². The van der Waals surface area contributed by atoms with Crippen LogP contribution in [0.25, 0.3) is 11.3 Å². The van der Waals surface area contributed by atoms with Gasteiger partial charge in [0.25, 0.3) is 5.91 Å². The quantitative estimate of drug-likeness (QED) is 0.472. The number of hydrogen-bond donors (Lipinski definition) is 1. The molecular formula is C24H18FN3O2. The lowest BCUT2D eigenvalue weighted by Crippen LogP contribution is -2.11. The van der Waals surface area contributed by atoms with Gasteiger partial charge in [0.1, 0.15) is 17.9 Å². The summed E-state index contributed by atoms with van der Waals surface area (Å²) in [5.41, 5.74) is 3.60. The van der Waals surface area contributed by atoms with Crippen LogP contribution < -0.4 is 10.1 Å². The number of nitrogens with one attached hydrogen (secondary N) is 1. The van der Waals surface area contributed by atoms with E-state index in [1.54, 1.807) is 42.5 Å². The fourth-order valence-electron chi connectivity index (χ4n) is 2.92. The summed E-state index contributed by atoms with van der Waals surface area (Å²) in [6.45, 7) is 1.96. The van der Waals surface area contributed by atoms with Crippen LogP contribution >= 0.6 is 0 Å². The summed E-state index contributed by atoms with van der Waals surface area (Å²) in [5.74, 6) is 0.238. The zero-order chi connectivity index (χ0) is 20.9. The van der Waals surface area contributed by atoms with Gasteiger partial charge in [0.2, 0.25) is 5.88 Å². The van der Waals surface area contributed by atoms with E-state index in [1.165, 1.54) is 18.5 Å². The van der Waals surface area contributed by atoms with E-state index >= 15 is 0 Å². The van der Waals surface area contributed by atoms with Gasteiger partial charge in [0.05, 0.1) is 5.69 Å². The van der Waals surface area contributed by atoms with E-state index in [9.17, 15) is 9.18 Å². The first-order valence-corrected chi connectivity index (χ1v) is 9.31. The van der Waals surface area contributed by atoms with E-state index in [0.717, 1.165) is 16.8 Å². The Hall–Kier alpha value is -4.06. The summed E-state index contributed by atoms with van der Waals surface area (Å²) >= 11 is 0. The molecule has 0 bridgehead atoms. The lowest BCUT2D eigenvalue weighted by Gasteiger charge is -2.09. The van der Waals surface area contributed by atoms with Gasteiger partial charge in [-0.05, 0) is 67.1 Å². The zero-order valence-electron chi connectivity index (χ0n) is 16.2. The number of rotatable bonds is 5. The van der Waals surface area contributed by atoms with Gasteiger partial charge in [0.15, 0.2) is 0 Å². The van der Waals surface area contributed by atoms with Crippen molar-refractivity contribution >= 4 is 11.6 Å². The van der Waals surface area contributed by atoms with E-state index < -0.39 is 0 Å². The maximum atomic E-state index is 13.1. The summed E-state index contributed by atoms with van der Waals surface area (Å²) in [7, 11) is 0. The van der Waals surface area contributed by atoms with Gasteiger partial charge in [-0.3, -0.25) is 4.79 Å². The molecule has 0 spiro atoms. The fraction of sp³-hybridized carbons (Fsp3) is 0.0417. The molecule has 4 aromatic rings. The minimum absolute atomic E-state index is 0.235. The van der Waals surface area contributed by atoms with Crippen LogP contribution in [0.3, 0.4) is 0 Å². The molecule has 0 atom stereocenters.